The molecule has 0 aliphatic carbocycles. The van der Waals surface area contributed by atoms with Crippen LogP contribution in [0, 0.1) is 6.92 Å². The zero-order valence-corrected chi connectivity index (χ0v) is 16.2. The van der Waals surface area contributed by atoms with Crippen LogP contribution < -0.4 is 4.74 Å². The fraction of sp³-hybridized carbons (Fsp3) is 0.227. The van der Waals surface area contributed by atoms with E-state index in [4.69, 9.17) is 4.74 Å². The topological polar surface area (TPSA) is 95.8 Å². The van der Waals surface area contributed by atoms with Gasteiger partial charge in [0.2, 0.25) is 0 Å². The monoisotopic (exact) mass is 391 g/mol. The van der Waals surface area contributed by atoms with E-state index in [1.165, 1.54) is 12.1 Å². The molecule has 2 heterocycles. The summed E-state index contributed by atoms with van der Waals surface area (Å²) in [7, 11) is 1.63. The Balaban J connectivity index is 1.50. The van der Waals surface area contributed by atoms with E-state index in [0.717, 1.165) is 22.6 Å². The smallest absolute Gasteiger partial charge is 0.254 e. The van der Waals surface area contributed by atoms with Crippen LogP contribution in [0.2, 0.25) is 0 Å². The van der Waals surface area contributed by atoms with E-state index in [1.807, 2.05) is 24.3 Å². The third-order valence-corrected chi connectivity index (χ3v) is 5.11. The van der Waals surface area contributed by atoms with Gasteiger partial charge in [-0.15, -0.1) is 0 Å². The van der Waals surface area contributed by atoms with Gasteiger partial charge in [0, 0.05) is 35.9 Å². The number of phenolic OH excluding ortho intramolecular Hbond substituents is 2. The van der Waals surface area contributed by atoms with E-state index in [0.29, 0.717) is 30.9 Å². The molecule has 7 heteroatoms. The number of benzene rings is 2. The van der Waals surface area contributed by atoms with Crippen LogP contribution in [0.1, 0.15) is 38.6 Å². The van der Waals surface area contributed by atoms with Gasteiger partial charge in [-0.25, -0.2) is 9.97 Å². The molecule has 2 N–H and O–H groups in total. The van der Waals surface area contributed by atoms with E-state index in [2.05, 4.69) is 9.97 Å². The first-order valence-corrected chi connectivity index (χ1v) is 9.23. The van der Waals surface area contributed by atoms with Gasteiger partial charge in [-0.1, -0.05) is 12.1 Å². The van der Waals surface area contributed by atoms with Crippen molar-refractivity contribution in [3.8, 4) is 17.2 Å². The largest absolute Gasteiger partial charge is 0.508 e. The van der Waals surface area contributed by atoms with Crippen molar-refractivity contribution >= 4 is 5.91 Å². The molecule has 0 radical (unpaired) electrons. The predicted molar refractivity (Wildman–Crippen MR) is 106 cm³/mol. The number of amides is 1. The number of hydrogen-bond acceptors (Lipinski definition) is 6. The summed E-state index contributed by atoms with van der Waals surface area (Å²) < 4.78 is 5.17. The molecular weight excluding hydrogens is 370 g/mol. The van der Waals surface area contributed by atoms with Crippen molar-refractivity contribution in [3.63, 3.8) is 0 Å². The standard InChI is InChI=1S/C22H21N3O4/c1-13-19(26)8-15(9-20(13)27)22(28)25-11-16-10-23-21(24-18(16)12-25)7-14-3-5-17(29-2)6-4-14/h3-6,8-10,26-27H,7,11-12H2,1-2H3. The predicted octanol–water partition coefficient (Wildman–Crippen LogP) is 2.95. The zero-order valence-electron chi connectivity index (χ0n) is 16.2. The minimum absolute atomic E-state index is 0.105. The van der Waals surface area contributed by atoms with Crippen LogP contribution in [0.3, 0.4) is 0 Å². The second kappa shape index (κ2) is 7.43. The van der Waals surface area contributed by atoms with E-state index >= 15 is 0 Å². The van der Waals surface area contributed by atoms with Gasteiger partial charge in [-0.3, -0.25) is 4.79 Å². The molecule has 0 bridgehead atoms. The maximum Gasteiger partial charge on any atom is 0.254 e. The molecule has 0 fully saturated rings. The Kier molecular flexibility index (Phi) is 4.80. The highest BCUT2D eigenvalue weighted by molar-refractivity contribution is 5.95. The highest BCUT2D eigenvalue weighted by atomic mass is 16.5. The maximum atomic E-state index is 12.8. The molecule has 3 aromatic rings. The van der Waals surface area contributed by atoms with Gasteiger partial charge >= 0.3 is 0 Å². The fourth-order valence-corrected chi connectivity index (χ4v) is 3.34. The summed E-state index contributed by atoms with van der Waals surface area (Å²) in [6, 6.07) is 10.5. The average molecular weight is 391 g/mol. The Bertz CT molecular complexity index is 1060. The van der Waals surface area contributed by atoms with E-state index in [9.17, 15) is 15.0 Å². The lowest BCUT2D eigenvalue weighted by molar-refractivity contribution is 0.0749. The molecule has 0 atom stereocenters. The third kappa shape index (κ3) is 3.71. The number of rotatable bonds is 4. The fourth-order valence-electron chi connectivity index (χ4n) is 3.34. The van der Waals surface area contributed by atoms with E-state index in [1.54, 1.807) is 25.1 Å². The summed E-state index contributed by atoms with van der Waals surface area (Å²) in [5, 5.41) is 19.8. The lowest BCUT2D eigenvalue weighted by Crippen LogP contribution is -2.25. The molecule has 4 rings (SSSR count). The minimum Gasteiger partial charge on any atom is -0.508 e. The molecule has 7 nitrogen and oxygen atoms in total. The van der Waals surface area contributed by atoms with Crippen LogP contribution in [0.5, 0.6) is 17.2 Å². The number of nitrogens with zero attached hydrogens (tertiary/aromatic N) is 3. The molecule has 2 aromatic carbocycles. The molecule has 1 amide bonds. The van der Waals surface area contributed by atoms with Crippen molar-refractivity contribution in [1.29, 1.82) is 0 Å². The van der Waals surface area contributed by atoms with Gasteiger partial charge < -0.3 is 19.8 Å². The highest BCUT2D eigenvalue weighted by Crippen LogP contribution is 2.30. The van der Waals surface area contributed by atoms with Crippen LogP contribution in [-0.2, 0) is 19.5 Å². The zero-order chi connectivity index (χ0) is 20.5. The normalized spacial score (nSPS) is 12.7. The number of carbonyl (C=O) groups excluding carboxylic acids is 1. The number of aromatic nitrogens is 2. The number of fused-ring (bicyclic) bond motifs is 1. The third-order valence-electron chi connectivity index (χ3n) is 5.11. The first kappa shape index (κ1) is 18.7. The van der Waals surface area contributed by atoms with Gasteiger partial charge in [-0.2, -0.15) is 0 Å². The SMILES string of the molecule is COc1ccc(Cc2ncc3c(n2)CN(C(=O)c2cc(O)c(C)c(O)c2)C3)cc1. The molecule has 1 aromatic heterocycles. The molecule has 0 saturated carbocycles. The number of phenols is 2. The molecule has 29 heavy (non-hydrogen) atoms. The first-order chi connectivity index (χ1) is 13.9. The molecule has 0 spiro atoms. The number of aromatic hydroxyl groups is 2. The van der Waals surface area contributed by atoms with Crippen molar-refractivity contribution in [2.45, 2.75) is 26.4 Å². The molecule has 148 valence electrons. The Morgan fingerprint density at radius 1 is 1.14 bits per heavy atom. The van der Waals surface area contributed by atoms with Crippen molar-refractivity contribution in [2.75, 3.05) is 7.11 Å². The van der Waals surface area contributed by atoms with E-state index in [-0.39, 0.29) is 23.0 Å². The van der Waals surface area contributed by atoms with Gasteiger partial charge in [0.25, 0.3) is 5.91 Å². The van der Waals surface area contributed by atoms with Crippen molar-refractivity contribution in [1.82, 2.24) is 14.9 Å². The number of carbonyl (C=O) groups is 1. The summed E-state index contributed by atoms with van der Waals surface area (Å²) >= 11 is 0. The Morgan fingerprint density at radius 3 is 2.48 bits per heavy atom. The van der Waals surface area contributed by atoms with Crippen molar-refractivity contribution in [3.05, 3.63) is 76.4 Å². The second-order valence-corrected chi connectivity index (χ2v) is 7.08. The molecule has 0 saturated heterocycles. The molecule has 0 unspecified atom stereocenters. The van der Waals surface area contributed by atoms with Gasteiger partial charge in [0.1, 0.15) is 23.1 Å². The summed E-state index contributed by atoms with van der Waals surface area (Å²) in [6.45, 7) is 2.35. The lowest BCUT2D eigenvalue weighted by Gasteiger charge is -2.16. The second-order valence-electron chi connectivity index (χ2n) is 7.08. The number of methoxy groups -OCH3 is 1. The molecule has 1 aliphatic heterocycles. The summed E-state index contributed by atoms with van der Waals surface area (Å²) in [4.78, 5) is 23.5. The van der Waals surface area contributed by atoms with Crippen LogP contribution >= 0.6 is 0 Å². The average Bonchev–Trinajstić information content (AvgIpc) is 3.15. The van der Waals surface area contributed by atoms with Crippen molar-refractivity contribution < 1.29 is 19.7 Å². The van der Waals surface area contributed by atoms with Crippen LogP contribution in [0.15, 0.2) is 42.6 Å². The molecule has 1 aliphatic rings. The van der Waals surface area contributed by atoms with Crippen molar-refractivity contribution in [2.24, 2.45) is 0 Å². The lowest BCUT2D eigenvalue weighted by atomic mass is 10.1. The highest BCUT2D eigenvalue weighted by Gasteiger charge is 2.27. The van der Waals surface area contributed by atoms with E-state index < -0.39 is 0 Å². The van der Waals surface area contributed by atoms with Crippen LogP contribution in [-0.4, -0.2) is 38.1 Å². The Morgan fingerprint density at radius 2 is 1.83 bits per heavy atom. The minimum atomic E-state index is -0.273. The van der Waals surface area contributed by atoms with Crippen LogP contribution in [0.25, 0.3) is 0 Å². The summed E-state index contributed by atoms with van der Waals surface area (Å²) in [5.41, 5.74) is 3.38. The Hall–Kier alpha value is -3.61. The number of hydrogen-bond donors (Lipinski definition) is 2. The molecular formula is C22H21N3O4. The summed E-state index contributed by atoms with van der Waals surface area (Å²) in [6.07, 6.45) is 2.35. The van der Waals surface area contributed by atoms with Crippen LogP contribution in [0.4, 0.5) is 0 Å². The quantitative estimate of drug-likeness (QED) is 0.710. The first-order valence-electron chi connectivity index (χ1n) is 9.23. The number of ether oxygens (including phenoxy) is 1. The van der Waals surface area contributed by atoms with Gasteiger partial charge in [0.15, 0.2) is 0 Å². The maximum absolute atomic E-state index is 12.8. The summed E-state index contributed by atoms with van der Waals surface area (Å²) in [5.74, 6) is 1.00. The van der Waals surface area contributed by atoms with Gasteiger partial charge in [-0.05, 0) is 36.8 Å². The Labute approximate surface area is 168 Å². The van der Waals surface area contributed by atoms with Gasteiger partial charge in [0.05, 0.1) is 19.3 Å².